The van der Waals surface area contributed by atoms with E-state index < -0.39 is 0 Å². The summed E-state index contributed by atoms with van der Waals surface area (Å²) in [4.78, 5) is 2.31. The summed E-state index contributed by atoms with van der Waals surface area (Å²) in [7, 11) is 2.15. The first-order chi connectivity index (χ1) is 6.52. The largest absolute Gasteiger partial charge is 0.302 e. The second-order valence-corrected chi connectivity index (χ2v) is 4.40. The summed E-state index contributed by atoms with van der Waals surface area (Å²) >= 11 is 0. The fraction of sp³-hybridized carbons (Fsp3) is 0.538. The summed E-state index contributed by atoms with van der Waals surface area (Å²) in [6, 6.07) is 0. The molecule has 0 unspecified atom stereocenters. The van der Waals surface area contributed by atoms with Gasteiger partial charge < -0.3 is 4.90 Å². The van der Waals surface area contributed by atoms with E-state index in [0.29, 0.717) is 5.92 Å². The van der Waals surface area contributed by atoms with Gasteiger partial charge in [0.2, 0.25) is 0 Å². The van der Waals surface area contributed by atoms with E-state index in [4.69, 9.17) is 0 Å². The molecule has 0 saturated carbocycles. The number of hydrogen-bond acceptors (Lipinski definition) is 1. The minimum atomic E-state index is 0.503. The van der Waals surface area contributed by atoms with Crippen LogP contribution in [0.15, 0.2) is 36.0 Å². The van der Waals surface area contributed by atoms with Gasteiger partial charge in [0.15, 0.2) is 0 Å². The molecule has 14 heavy (non-hydrogen) atoms. The lowest BCUT2D eigenvalue weighted by Gasteiger charge is -2.24. The van der Waals surface area contributed by atoms with E-state index in [1.807, 2.05) is 0 Å². The molecule has 1 aliphatic rings. The van der Waals surface area contributed by atoms with Crippen molar-refractivity contribution >= 4 is 0 Å². The average molecular weight is 191 g/mol. The van der Waals surface area contributed by atoms with Crippen molar-refractivity contribution in [3.8, 4) is 0 Å². The van der Waals surface area contributed by atoms with Crippen molar-refractivity contribution in [2.75, 3.05) is 20.1 Å². The van der Waals surface area contributed by atoms with E-state index >= 15 is 0 Å². The zero-order valence-corrected chi connectivity index (χ0v) is 9.64. The summed E-state index contributed by atoms with van der Waals surface area (Å²) in [6.07, 6.45) is 3.39. The molecule has 0 aliphatic carbocycles. The standard InChI is InChI=1S/C13H21N/c1-10(2)11(3)12(4)13-6-8-14(5)9-7-13/h6,10H,3-4,7-9H2,1-2,5H3. The minimum Gasteiger partial charge on any atom is -0.302 e. The Morgan fingerprint density at radius 3 is 2.50 bits per heavy atom. The summed E-state index contributed by atoms with van der Waals surface area (Å²) in [5, 5.41) is 0. The van der Waals surface area contributed by atoms with Crippen molar-refractivity contribution in [1.82, 2.24) is 4.90 Å². The third-order valence-corrected chi connectivity index (χ3v) is 2.88. The molecule has 0 fully saturated rings. The molecule has 0 aromatic heterocycles. The summed E-state index contributed by atoms with van der Waals surface area (Å²) in [5.41, 5.74) is 3.73. The molecule has 0 radical (unpaired) electrons. The Balaban J connectivity index is 2.66. The van der Waals surface area contributed by atoms with Crippen molar-refractivity contribution in [1.29, 1.82) is 0 Å². The Hall–Kier alpha value is -0.820. The number of allylic oxidation sites excluding steroid dienone is 2. The Labute approximate surface area is 87.8 Å². The van der Waals surface area contributed by atoms with Crippen LogP contribution < -0.4 is 0 Å². The topological polar surface area (TPSA) is 3.24 Å². The summed E-state index contributed by atoms with van der Waals surface area (Å²) < 4.78 is 0. The average Bonchev–Trinajstić information content (AvgIpc) is 2.16. The highest BCUT2D eigenvalue weighted by molar-refractivity contribution is 5.44. The van der Waals surface area contributed by atoms with Crippen molar-refractivity contribution in [3.05, 3.63) is 36.0 Å². The van der Waals surface area contributed by atoms with Gasteiger partial charge in [-0.3, -0.25) is 0 Å². The maximum atomic E-state index is 4.14. The molecule has 0 amide bonds. The molecule has 1 nitrogen and oxygen atoms in total. The summed E-state index contributed by atoms with van der Waals surface area (Å²) in [5.74, 6) is 0.503. The van der Waals surface area contributed by atoms with E-state index in [9.17, 15) is 0 Å². The molecule has 0 atom stereocenters. The van der Waals surface area contributed by atoms with E-state index in [-0.39, 0.29) is 0 Å². The van der Waals surface area contributed by atoms with Gasteiger partial charge in [0, 0.05) is 13.1 Å². The van der Waals surface area contributed by atoms with Crippen LogP contribution in [-0.2, 0) is 0 Å². The fourth-order valence-corrected chi connectivity index (χ4v) is 1.60. The van der Waals surface area contributed by atoms with Gasteiger partial charge in [-0.2, -0.15) is 0 Å². The van der Waals surface area contributed by atoms with Crippen LogP contribution in [0.2, 0.25) is 0 Å². The molecule has 0 N–H and O–H groups in total. The van der Waals surface area contributed by atoms with Crippen LogP contribution in [0.1, 0.15) is 20.3 Å². The minimum absolute atomic E-state index is 0.503. The normalized spacial score (nSPS) is 18.1. The van der Waals surface area contributed by atoms with Gasteiger partial charge in [0.25, 0.3) is 0 Å². The molecule has 1 rings (SSSR count). The lowest BCUT2D eigenvalue weighted by atomic mass is 9.90. The van der Waals surface area contributed by atoms with Gasteiger partial charge in [0.05, 0.1) is 0 Å². The molecule has 0 spiro atoms. The molecular weight excluding hydrogens is 170 g/mol. The van der Waals surface area contributed by atoms with Crippen molar-refractivity contribution in [2.45, 2.75) is 20.3 Å². The molecule has 0 bridgehead atoms. The van der Waals surface area contributed by atoms with E-state index in [1.54, 1.807) is 0 Å². The third kappa shape index (κ3) is 2.58. The Bertz CT molecular complexity index is 271. The summed E-state index contributed by atoms with van der Waals surface area (Å²) in [6.45, 7) is 14.7. The third-order valence-electron chi connectivity index (χ3n) is 2.88. The second kappa shape index (κ2) is 4.61. The maximum Gasteiger partial charge on any atom is 0.0166 e. The predicted octanol–water partition coefficient (Wildman–Crippen LogP) is 3.02. The lowest BCUT2D eigenvalue weighted by molar-refractivity contribution is 0.360. The zero-order valence-electron chi connectivity index (χ0n) is 9.64. The molecule has 1 aliphatic heterocycles. The molecule has 1 heteroatoms. The highest BCUT2D eigenvalue weighted by atomic mass is 15.1. The highest BCUT2D eigenvalue weighted by Crippen LogP contribution is 2.26. The first-order valence-corrected chi connectivity index (χ1v) is 5.28. The van der Waals surface area contributed by atoms with Gasteiger partial charge in [-0.15, -0.1) is 0 Å². The van der Waals surface area contributed by atoms with Gasteiger partial charge in [-0.05, 0) is 36.1 Å². The molecule has 0 aromatic rings. The van der Waals surface area contributed by atoms with Gasteiger partial charge in [-0.25, -0.2) is 0 Å². The number of nitrogens with zero attached hydrogens (tertiary/aromatic N) is 1. The molecule has 1 heterocycles. The SMILES string of the molecule is C=C(C(=C)C(C)C)C1=CCN(C)CC1. The van der Waals surface area contributed by atoms with Gasteiger partial charge >= 0.3 is 0 Å². The first kappa shape index (κ1) is 11.3. The monoisotopic (exact) mass is 191 g/mol. The first-order valence-electron chi connectivity index (χ1n) is 5.28. The van der Waals surface area contributed by atoms with Crippen LogP contribution >= 0.6 is 0 Å². The lowest BCUT2D eigenvalue weighted by Crippen LogP contribution is -2.24. The van der Waals surface area contributed by atoms with Crippen LogP contribution in [0.5, 0.6) is 0 Å². The molecule has 78 valence electrons. The van der Waals surface area contributed by atoms with Crippen molar-refractivity contribution < 1.29 is 0 Å². The predicted molar refractivity (Wildman–Crippen MR) is 63.3 cm³/mol. The van der Waals surface area contributed by atoms with Gasteiger partial charge in [0.1, 0.15) is 0 Å². The van der Waals surface area contributed by atoms with E-state index in [1.165, 1.54) is 11.1 Å². The van der Waals surface area contributed by atoms with Crippen LogP contribution in [0.3, 0.4) is 0 Å². The second-order valence-electron chi connectivity index (χ2n) is 4.40. The van der Waals surface area contributed by atoms with E-state index in [2.05, 4.69) is 45.0 Å². The van der Waals surface area contributed by atoms with Crippen LogP contribution in [-0.4, -0.2) is 25.0 Å². The maximum absolute atomic E-state index is 4.14. The molecule has 0 aromatic carbocycles. The highest BCUT2D eigenvalue weighted by Gasteiger charge is 2.13. The van der Waals surface area contributed by atoms with E-state index in [0.717, 1.165) is 25.1 Å². The van der Waals surface area contributed by atoms with Crippen molar-refractivity contribution in [3.63, 3.8) is 0 Å². The number of likely N-dealkylation sites (N-methyl/N-ethyl adjacent to an activating group) is 1. The van der Waals surface area contributed by atoms with Crippen LogP contribution in [0.4, 0.5) is 0 Å². The van der Waals surface area contributed by atoms with Crippen LogP contribution in [0, 0.1) is 5.92 Å². The Morgan fingerprint density at radius 1 is 1.43 bits per heavy atom. The Kier molecular flexibility index (Phi) is 3.70. The fourth-order valence-electron chi connectivity index (χ4n) is 1.60. The number of hydrogen-bond donors (Lipinski definition) is 0. The molecular formula is C13H21N. The quantitative estimate of drug-likeness (QED) is 0.620. The zero-order chi connectivity index (χ0) is 10.7. The van der Waals surface area contributed by atoms with Crippen LogP contribution in [0.25, 0.3) is 0 Å². The smallest absolute Gasteiger partial charge is 0.0166 e. The van der Waals surface area contributed by atoms with Crippen molar-refractivity contribution in [2.24, 2.45) is 5.92 Å². The number of rotatable bonds is 3. The van der Waals surface area contributed by atoms with Gasteiger partial charge in [-0.1, -0.05) is 33.1 Å². The Morgan fingerprint density at radius 2 is 2.07 bits per heavy atom. The molecule has 0 saturated heterocycles.